The van der Waals surface area contributed by atoms with Crippen LogP contribution in [0.1, 0.15) is 45.1 Å². The summed E-state index contributed by atoms with van der Waals surface area (Å²) in [6.45, 7) is 8.04. The van der Waals surface area contributed by atoms with Gasteiger partial charge in [-0.05, 0) is 55.7 Å². The minimum Gasteiger partial charge on any atom is -0.323 e. The Kier molecular flexibility index (Phi) is 4.32. The van der Waals surface area contributed by atoms with Crippen molar-refractivity contribution >= 4 is 11.6 Å². The van der Waals surface area contributed by atoms with E-state index in [2.05, 4.69) is 29.0 Å². The topological polar surface area (TPSA) is 35.6 Å². The third kappa shape index (κ3) is 2.68. The number of hydrogen-bond acceptors (Lipinski definition) is 3. The molecule has 0 saturated carbocycles. The molecular formula is C20H28FN3O. The number of benzene rings is 1. The maximum absolute atomic E-state index is 14.1. The molecule has 1 N–H and O–H groups in total. The first-order valence-corrected chi connectivity index (χ1v) is 9.63. The molecule has 1 amide bonds. The van der Waals surface area contributed by atoms with Crippen LogP contribution in [0.3, 0.4) is 0 Å². The van der Waals surface area contributed by atoms with E-state index < -0.39 is 5.66 Å². The molecule has 1 aromatic rings. The third-order valence-electron chi connectivity index (χ3n) is 6.15. The zero-order valence-corrected chi connectivity index (χ0v) is 15.2. The van der Waals surface area contributed by atoms with E-state index in [-0.39, 0.29) is 11.7 Å². The number of rotatable bonds is 2. The monoisotopic (exact) mass is 345 g/mol. The first kappa shape index (κ1) is 17.0. The van der Waals surface area contributed by atoms with Gasteiger partial charge < -0.3 is 5.32 Å². The van der Waals surface area contributed by atoms with Gasteiger partial charge in [0.05, 0.1) is 0 Å². The summed E-state index contributed by atoms with van der Waals surface area (Å²) in [6.07, 6.45) is 4.57. The summed E-state index contributed by atoms with van der Waals surface area (Å²) < 4.78 is 14.1. The minimum atomic E-state index is -0.846. The average molecular weight is 345 g/mol. The highest BCUT2D eigenvalue weighted by atomic mass is 19.1. The molecule has 4 nitrogen and oxygen atoms in total. The van der Waals surface area contributed by atoms with Crippen molar-refractivity contribution in [1.29, 1.82) is 0 Å². The molecule has 3 aliphatic heterocycles. The van der Waals surface area contributed by atoms with E-state index in [4.69, 9.17) is 0 Å². The maximum atomic E-state index is 14.1. The van der Waals surface area contributed by atoms with E-state index in [1.807, 2.05) is 0 Å². The fourth-order valence-corrected chi connectivity index (χ4v) is 5.04. The van der Waals surface area contributed by atoms with Crippen molar-refractivity contribution in [1.82, 2.24) is 9.80 Å². The van der Waals surface area contributed by atoms with Gasteiger partial charge in [-0.3, -0.25) is 14.6 Å². The van der Waals surface area contributed by atoms with Crippen LogP contribution in [-0.2, 0) is 10.5 Å². The smallest absolute Gasteiger partial charge is 0.264 e. The number of carbonyl (C=O) groups excluding carboxylic acids is 1. The zero-order valence-electron chi connectivity index (χ0n) is 15.2. The highest BCUT2D eigenvalue weighted by Gasteiger charge is 2.56. The molecule has 2 fully saturated rings. The molecule has 5 heteroatoms. The lowest BCUT2D eigenvalue weighted by molar-refractivity contribution is -0.151. The number of nitrogens with zero attached hydrogens (tertiary/aromatic N) is 2. The molecular weight excluding hydrogens is 317 g/mol. The Labute approximate surface area is 149 Å². The molecule has 0 radical (unpaired) electrons. The molecule has 2 saturated heterocycles. The van der Waals surface area contributed by atoms with E-state index in [0.29, 0.717) is 11.8 Å². The third-order valence-corrected chi connectivity index (χ3v) is 6.15. The summed E-state index contributed by atoms with van der Waals surface area (Å²) in [7, 11) is 0. The van der Waals surface area contributed by atoms with Gasteiger partial charge in [-0.1, -0.05) is 13.8 Å². The van der Waals surface area contributed by atoms with E-state index >= 15 is 0 Å². The van der Waals surface area contributed by atoms with Crippen LogP contribution in [0.15, 0.2) is 18.2 Å². The fraction of sp³-hybridized carbons (Fsp3) is 0.650. The molecule has 0 spiro atoms. The molecule has 3 aliphatic rings. The SMILES string of the molecule is CC1CCCN(C2(N3CCCC(C)C3)C(=O)Nc3ccc(F)cc32)C1. The number of likely N-dealkylation sites (tertiary alicyclic amines) is 2. The minimum absolute atomic E-state index is 0.00343. The van der Waals surface area contributed by atoms with Crippen molar-refractivity contribution in [2.24, 2.45) is 11.8 Å². The second-order valence-electron chi connectivity index (χ2n) is 8.20. The van der Waals surface area contributed by atoms with Crippen LogP contribution < -0.4 is 5.32 Å². The molecule has 3 heterocycles. The van der Waals surface area contributed by atoms with Gasteiger partial charge in [0.15, 0.2) is 5.66 Å². The Balaban J connectivity index is 1.85. The van der Waals surface area contributed by atoms with Gasteiger partial charge in [-0.2, -0.15) is 0 Å². The van der Waals surface area contributed by atoms with E-state index in [1.54, 1.807) is 12.1 Å². The van der Waals surface area contributed by atoms with Gasteiger partial charge in [-0.25, -0.2) is 4.39 Å². The van der Waals surface area contributed by atoms with Crippen LogP contribution in [-0.4, -0.2) is 41.9 Å². The zero-order chi connectivity index (χ0) is 17.6. The van der Waals surface area contributed by atoms with Crippen molar-refractivity contribution in [3.63, 3.8) is 0 Å². The van der Waals surface area contributed by atoms with Crippen LogP contribution in [0, 0.1) is 17.7 Å². The summed E-state index contributed by atoms with van der Waals surface area (Å²) in [5.41, 5.74) is 0.726. The standard InChI is InChI=1S/C20H28FN3O/c1-14-5-3-9-23(12-14)20(24-10-4-6-15(2)13-24)17-11-16(21)7-8-18(17)22-19(20)25/h7-8,11,14-15H,3-6,9-10,12-13H2,1-2H3,(H,22,25). The van der Waals surface area contributed by atoms with E-state index in [1.165, 1.54) is 18.9 Å². The first-order chi connectivity index (χ1) is 12.0. The van der Waals surface area contributed by atoms with Gasteiger partial charge in [0.1, 0.15) is 5.82 Å². The summed E-state index contributed by atoms with van der Waals surface area (Å²) >= 11 is 0. The molecule has 4 rings (SSSR count). The molecule has 0 aliphatic carbocycles. The van der Waals surface area contributed by atoms with Gasteiger partial charge in [0.25, 0.3) is 5.91 Å². The quantitative estimate of drug-likeness (QED) is 0.892. The number of hydrogen-bond donors (Lipinski definition) is 1. The Morgan fingerprint density at radius 2 is 1.68 bits per heavy atom. The van der Waals surface area contributed by atoms with Gasteiger partial charge in [-0.15, -0.1) is 0 Å². The second kappa shape index (κ2) is 6.36. The average Bonchev–Trinajstić information content (AvgIpc) is 2.87. The molecule has 1 aromatic carbocycles. The maximum Gasteiger partial charge on any atom is 0.264 e. The summed E-state index contributed by atoms with van der Waals surface area (Å²) in [5, 5.41) is 3.05. The number of nitrogens with one attached hydrogen (secondary N) is 1. The van der Waals surface area contributed by atoms with Gasteiger partial charge in [0, 0.05) is 37.4 Å². The Morgan fingerprint density at radius 3 is 2.24 bits per heavy atom. The number of amides is 1. The lowest BCUT2D eigenvalue weighted by Gasteiger charge is -2.51. The van der Waals surface area contributed by atoms with Crippen molar-refractivity contribution in [2.75, 3.05) is 31.5 Å². The summed E-state index contributed by atoms with van der Waals surface area (Å²) in [5.74, 6) is 0.836. The molecule has 2 atom stereocenters. The Bertz CT molecular complexity index is 655. The molecule has 2 unspecified atom stereocenters. The Morgan fingerprint density at radius 1 is 1.08 bits per heavy atom. The fourth-order valence-electron chi connectivity index (χ4n) is 5.04. The largest absolute Gasteiger partial charge is 0.323 e. The molecule has 136 valence electrons. The number of carbonyl (C=O) groups is 1. The lowest BCUT2D eigenvalue weighted by Crippen LogP contribution is -2.65. The van der Waals surface area contributed by atoms with Crippen LogP contribution >= 0.6 is 0 Å². The highest BCUT2D eigenvalue weighted by molar-refractivity contribution is 6.05. The van der Waals surface area contributed by atoms with Crippen LogP contribution in [0.2, 0.25) is 0 Å². The summed E-state index contributed by atoms with van der Waals surface area (Å²) in [6, 6.07) is 4.73. The number of halogens is 1. The summed E-state index contributed by atoms with van der Waals surface area (Å²) in [4.78, 5) is 18.0. The molecule has 25 heavy (non-hydrogen) atoms. The Hall–Kier alpha value is -1.46. The van der Waals surface area contributed by atoms with Crippen LogP contribution in [0.25, 0.3) is 0 Å². The van der Waals surface area contributed by atoms with Crippen molar-refractivity contribution in [2.45, 2.75) is 45.2 Å². The van der Waals surface area contributed by atoms with Crippen molar-refractivity contribution in [3.8, 4) is 0 Å². The second-order valence-corrected chi connectivity index (χ2v) is 8.20. The van der Waals surface area contributed by atoms with Crippen LogP contribution in [0.4, 0.5) is 10.1 Å². The van der Waals surface area contributed by atoms with Crippen molar-refractivity contribution in [3.05, 3.63) is 29.6 Å². The number of fused-ring (bicyclic) bond motifs is 1. The van der Waals surface area contributed by atoms with Gasteiger partial charge in [0.2, 0.25) is 0 Å². The van der Waals surface area contributed by atoms with Gasteiger partial charge >= 0.3 is 0 Å². The van der Waals surface area contributed by atoms with E-state index in [9.17, 15) is 9.18 Å². The predicted octanol–water partition coefficient (Wildman–Crippen LogP) is 3.39. The predicted molar refractivity (Wildman–Crippen MR) is 96.6 cm³/mol. The van der Waals surface area contributed by atoms with E-state index in [0.717, 1.165) is 50.3 Å². The normalized spacial score (nSPS) is 34.0. The molecule has 0 bridgehead atoms. The molecule has 0 aromatic heterocycles. The number of piperidine rings is 2. The van der Waals surface area contributed by atoms with Crippen LogP contribution in [0.5, 0.6) is 0 Å². The van der Waals surface area contributed by atoms with Crippen molar-refractivity contribution < 1.29 is 9.18 Å². The highest BCUT2D eigenvalue weighted by Crippen LogP contribution is 2.46. The number of anilines is 1. The lowest BCUT2D eigenvalue weighted by atomic mass is 9.88. The first-order valence-electron chi connectivity index (χ1n) is 9.63.